The summed E-state index contributed by atoms with van der Waals surface area (Å²) in [6.45, 7) is -0.0349. The molecule has 1 saturated carbocycles. The van der Waals surface area contributed by atoms with Crippen LogP contribution in [0.25, 0.3) is 10.9 Å². The summed E-state index contributed by atoms with van der Waals surface area (Å²) in [6.07, 6.45) is 4.61. The Morgan fingerprint density at radius 2 is 1.92 bits per heavy atom. The summed E-state index contributed by atoms with van der Waals surface area (Å²) in [6, 6.07) is 9.59. The maximum absolute atomic E-state index is 12.8. The first-order valence-corrected chi connectivity index (χ1v) is 13.5. The van der Waals surface area contributed by atoms with Crippen LogP contribution in [0.5, 0.6) is 17.2 Å². The number of halogens is 1. The Morgan fingerprint density at radius 1 is 1.14 bits per heavy atom. The van der Waals surface area contributed by atoms with Gasteiger partial charge in [0, 0.05) is 42.6 Å². The van der Waals surface area contributed by atoms with E-state index >= 15 is 0 Å². The number of amides is 3. The van der Waals surface area contributed by atoms with E-state index in [2.05, 4.69) is 20.9 Å². The molecule has 190 valence electrons. The number of pyridine rings is 1. The fraction of sp³-hybridized carbons (Fsp3) is 0.292. The molecule has 0 spiro atoms. The highest BCUT2D eigenvalue weighted by atomic mass is 35.5. The maximum atomic E-state index is 12.8. The normalized spacial score (nSPS) is 13.2. The minimum absolute atomic E-state index is 0.0349. The number of rotatable bonds is 9. The molecule has 4 rings (SSSR count). The molecule has 3 amide bonds. The van der Waals surface area contributed by atoms with E-state index in [0.29, 0.717) is 33.1 Å². The fourth-order valence-corrected chi connectivity index (χ4v) is 4.08. The lowest BCUT2D eigenvalue weighted by Gasteiger charge is -2.14. The second-order valence-electron chi connectivity index (χ2n) is 8.38. The first kappa shape index (κ1) is 25.5. The predicted octanol–water partition coefficient (Wildman–Crippen LogP) is 3.75. The molecular formula is C24H25ClN4O6S. The van der Waals surface area contributed by atoms with Crippen molar-refractivity contribution in [3.05, 3.63) is 53.2 Å². The molecule has 10 nitrogen and oxygen atoms in total. The Balaban J connectivity index is 1.56. The first-order valence-electron chi connectivity index (χ1n) is 11.1. The Labute approximate surface area is 213 Å². The van der Waals surface area contributed by atoms with Crippen molar-refractivity contribution in [2.45, 2.75) is 18.9 Å². The van der Waals surface area contributed by atoms with Gasteiger partial charge >= 0.3 is 6.03 Å². The second-order valence-corrected chi connectivity index (χ2v) is 11.0. The topological polar surface area (TPSA) is 136 Å². The number of carbonyl (C=O) groups is 2. The van der Waals surface area contributed by atoms with E-state index in [-0.39, 0.29) is 35.7 Å². The molecule has 0 radical (unpaired) electrons. The zero-order valence-corrected chi connectivity index (χ0v) is 21.2. The number of ether oxygens (including phenoxy) is 2. The molecule has 0 atom stereocenters. The van der Waals surface area contributed by atoms with Gasteiger partial charge in [0.1, 0.15) is 27.1 Å². The van der Waals surface area contributed by atoms with E-state index < -0.39 is 15.7 Å². The van der Waals surface area contributed by atoms with Crippen LogP contribution in [0.15, 0.2) is 42.6 Å². The lowest BCUT2D eigenvalue weighted by Crippen LogP contribution is -2.30. The number of sulfone groups is 1. The van der Waals surface area contributed by atoms with E-state index in [1.165, 1.54) is 7.11 Å². The Hall–Kier alpha value is -3.57. The molecule has 12 heteroatoms. The maximum Gasteiger partial charge on any atom is 0.319 e. The third-order valence-corrected chi connectivity index (χ3v) is 6.61. The van der Waals surface area contributed by atoms with Gasteiger partial charge < -0.3 is 25.4 Å². The van der Waals surface area contributed by atoms with E-state index in [0.717, 1.165) is 19.1 Å². The van der Waals surface area contributed by atoms with Crippen molar-refractivity contribution in [1.82, 2.24) is 15.6 Å². The van der Waals surface area contributed by atoms with Gasteiger partial charge in [-0.15, -0.1) is 0 Å². The van der Waals surface area contributed by atoms with Gasteiger partial charge in [-0.3, -0.25) is 9.78 Å². The second kappa shape index (κ2) is 10.6. The first-order chi connectivity index (χ1) is 17.1. The molecule has 36 heavy (non-hydrogen) atoms. The number of nitrogens with one attached hydrogen (secondary N) is 3. The highest BCUT2D eigenvalue weighted by Gasteiger charge is 2.23. The lowest BCUT2D eigenvalue weighted by molar-refractivity contribution is 0.0953. The standard InChI is InChI=1S/C24H25ClN4O6S/c1-34-22-13-20-16(12-17(22)23(30)27-9-10-36(2,32)33)21(7-8-26-20)35-15-5-6-19(18(25)11-15)29-24(31)28-14-3-4-14/h5-8,11-14H,3-4,9-10H2,1-2H3,(H,27,30)(H2,28,29,31). The van der Waals surface area contributed by atoms with E-state index in [4.69, 9.17) is 21.1 Å². The monoisotopic (exact) mass is 532 g/mol. The van der Waals surface area contributed by atoms with Crippen molar-refractivity contribution in [2.75, 3.05) is 31.0 Å². The number of hydrogen-bond donors (Lipinski definition) is 3. The van der Waals surface area contributed by atoms with Gasteiger partial charge in [0.15, 0.2) is 0 Å². The van der Waals surface area contributed by atoms with Crippen LogP contribution in [0, 0.1) is 0 Å². The van der Waals surface area contributed by atoms with Crippen LogP contribution in [-0.4, -0.2) is 57.0 Å². The van der Waals surface area contributed by atoms with Crippen molar-refractivity contribution in [3.63, 3.8) is 0 Å². The molecule has 0 aliphatic heterocycles. The van der Waals surface area contributed by atoms with Gasteiger partial charge in [-0.1, -0.05) is 11.6 Å². The van der Waals surface area contributed by atoms with Gasteiger partial charge in [0.05, 0.1) is 34.7 Å². The average molecular weight is 533 g/mol. The van der Waals surface area contributed by atoms with E-state index in [9.17, 15) is 18.0 Å². The number of nitrogens with zero attached hydrogens (tertiary/aromatic N) is 1. The number of hydrogen-bond acceptors (Lipinski definition) is 7. The minimum atomic E-state index is -3.22. The molecule has 3 N–H and O–H groups in total. The fourth-order valence-electron chi connectivity index (χ4n) is 3.39. The largest absolute Gasteiger partial charge is 0.496 e. The summed E-state index contributed by atoms with van der Waals surface area (Å²) in [5.74, 6) is 0.437. The molecule has 0 bridgehead atoms. The van der Waals surface area contributed by atoms with Crippen LogP contribution in [0.1, 0.15) is 23.2 Å². The Bertz CT molecular complexity index is 1430. The van der Waals surface area contributed by atoms with Gasteiger partial charge in [-0.25, -0.2) is 13.2 Å². The van der Waals surface area contributed by atoms with Gasteiger partial charge in [0.25, 0.3) is 5.91 Å². The summed E-state index contributed by atoms with van der Waals surface area (Å²) in [5.41, 5.74) is 1.17. The van der Waals surface area contributed by atoms with Crippen LogP contribution >= 0.6 is 11.6 Å². The Morgan fingerprint density at radius 3 is 2.58 bits per heavy atom. The molecule has 1 heterocycles. The van der Waals surface area contributed by atoms with Crippen molar-refractivity contribution < 1.29 is 27.5 Å². The van der Waals surface area contributed by atoms with Crippen LogP contribution in [0.2, 0.25) is 5.02 Å². The van der Waals surface area contributed by atoms with Crippen molar-refractivity contribution >= 4 is 50.0 Å². The van der Waals surface area contributed by atoms with Crippen LogP contribution < -0.4 is 25.4 Å². The number of methoxy groups -OCH3 is 1. The molecule has 1 fully saturated rings. The molecular weight excluding hydrogens is 508 g/mol. The molecule has 0 unspecified atom stereocenters. The lowest BCUT2D eigenvalue weighted by atomic mass is 10.1. The summed E-state index contributed by atoms with van der Waals surface area (Å²) in [7, 11) is -1.80. The van der Waals surface area contributed by atoms with Gasteiger partial charge in [0.2, 0.25) is 0 Å². The van der Waals surface area contributed by atoms with E-state index in [1.807, 2.05) is 0 Å². The molecule has 3 aromatic rings. The number of fused-ring (bicyclic) bond motifs is 1. The molecule has 1 aliphatic rings. The molecule has 0 saturated heterocycles. The zero-order valence-electron chi connectivity index (χ0n) is 19.6. The number of aromatic nitrogens is 1. The zero-order chi connectivity index (χ0) is 25.9. The molecule has 1 aliphatic carbocycles. The smallest absolute Gasteiger partial charge is 0.319 e. The van der Waals surface area contributed by atoms with Gasteiger partial charge in [-0.05, 0) is 37.1 Å². The SMILES string of the molecule is COc1cc2nccc(Oc3ccc(NC(=O)NC4CC4)c(Cl)c3)c2cc1C(=O)NCCS(C)(=O)=O. The number of urea groups is 1. The van der Waals surface area contributed by atoms with E-state index in [1.54, 1.807) is 42.6 Å². The Kier molecular flexibility index (Phi) is 7.51. The molecule has 1 aromatic heterocycles. The third-order valence-electron chi connectivity index (χ3n) is 5.35. The summed E-state index contributed by atoms with van der Waals surface area (Å²) >= 11 is 6.35. The average Bonchev–Trinajstić information content (AvgIpc) is 3.63. The van der Waals surface area contributed by atoms with Crippen LogP contribution in [-0.2, 0) is 9.84 Å². The van der Waals surface area contributed by atoms with Crippen LogP contribution in [0.3, 0.4) is 0 Å². The van der Waals surface area contributed by atoms with Gasteiger partial charge in [-0.2, -0.15) is 0 Å². The van der Waals surface area contributed by atoms with Crippen molar-refractivity contribution in [3.8, 4) is 17.2 Å². The highest BCUT2D eigenvalue weighted by Crippen LogP contribution is 2.35. The third kappa shape index (κ3) is 6.55. The number of anilines is 1. The summed E-state index contributed by atoms with van der Waals surface area (Å²) in [5, 5.41) is 8.97. The molecule has 2 aromatic carbocycles. The summed E-state index contributed by atoms with van der Waals surface area (Å²) < 4.78 is 34.1. The van der Waals surface area contributed by atoms with Crippen molar-refractivity contribution in [1.29, 1.82) is 0 Å². The summed E-state index contributed by atoms with van der Waals surface area (Å²) in [4.78, 5) is 29.1. The quantitative estimate of drug-likeness (QED) is 0.382. The predicted molar refractivity (Wildman–Crippen MR) is 137 cm³/mol. The van der Waals surface area contributed by atoms with Crippen LogP contribution in [0.4, 0.5) is 10.5 Å². The van der Waals surface area contributed by atoms with Crippen molar-refractivity contribution in [2.24, 2.45) is 0 Å². The number of benzene rings is 2. The highest BCUT2D eigenvalue weighted by molar-refractivity contribution is 7.90. The number of carbonyl (C=O) groups excluding carboxylic acids is 2. The minimum Gasteiger partial charge on any atom is -0.496 e.